The third-order valence-corrected chi connectivity index (χ3v) is 4.15. The zero-order chi connectivity index (χ0) is 14.5. The standard InChI is InChI=1S/C16H20N2O2/c1-15(2,3)14-17-11-5-4-10(8-12(11)18-14)16(6-7-16)9-13(19)20/h4-5,8H,6-7,9H2,1-3H3,(H,17,18)(H,19,20). The van der Waals surface area contributed by atoms with E-state index < -0.39 is 5.97 Å². The maximum absolute atomic E-state index is 11.0. The third kappa shape index (κ3) is 2.19. The molecule has 1 aromatic heterocycles. The molecule has 106 valence electrons. The highest BCUT2D eigenvalue weighted by Crippen LogP contribution is 2.51. The van der Waals surface area contributed by atoms with Crippen LogP contribution in [-0.2, 0) is 15.6 Å². The van der Waals surface area contributed by atoms with Crippen LogP contribution in [0.3, 0.4) is 0 Å². The van der Waals surface area contributed by atoms with Gasteiger partial charge in [-0.25, -0.2) is 4.98 Å². The lowest BCUT2D eigenvalue weighted by Crippen LogP contribution is -2.13. The molecule has 3 rings (SSSR count). The topological polar surface area (TPSA) is 66.0 Å². The van der Waals surface area contributed by atoms with Gasteiger partial charge in [-0.3, -0.25) is 4.79 Å². The Bertz CT molecular complexity index is 675. The number of benzene rings is 1. The van der Waals surface area contributed by atoms with Gasteiger partial charge in [-0.2, -0.15) is 0 Å². The second-order valence-corrected chi connectivity index (χ2v) is 6.92. The normalized spacial score (nSPS) is 17.4. The van der Waals surface area contributed by atoms with Crippen molar-refractivity contribution >= 4 is 17.0 Å². The maximum Gasteiger partial charge on any atom is 0.304 e. The number of nitrogens with zero attached hydrogens (tertiary/aromatic N) is 1. The number of carbonyl (C=O) groups is 1. The molecule has 0 amide bonds. The van der Waals surface area contributed by atoms with E-state index in [-0.39, 0.29) is 17.3 Å². The summed E-state index contributed by atoms with van der Waals surface area (Å²) in [6.45, 7) is 6.37. The van der Waals surface area contributed by atoms with Crippen molar-refractivity contribution < 1.29 is 9.90 Å². The summed E-state index contributed by atoms with van der Waals surface area (Å²) >= 11 is 0. The summed E-state index contributed by atoms with van der Waals surface area (Å²) in [6, 6.07) is 6.11. The van der Waals surface area contributed by atoms with Gasteiger partial charge in [0, 0.05) is 10.8 Å². The second kappa shape index (κ2) is 4.08. The molecule has 1 fully saturated rings. The van der Waals surface area contributed by atoms with Crippen LogP contribution in [0.4, 0.5) is 0 Å². The van der Waals surface area contributed by atoms with E-state index in [0.717, 1.165) is 35.3 Å². The largest absolute Gasteiger partial charge is 0.481 e. The molecule has 1 aliphatic carbocycles. The molecule has 1 saturated carbocycles. The minimum absolute atomic E-state index is 0.0164. The van der Waals surface area contributed by atoms with Crippen LogP contribution in [0.25, 0.3) is 11.0 Å². The zero-order valence-corrected chi connectivity index (χ0v) is 12.2. The predicted octanol–water partition coefficient (Wildman–Crippen LogP) is 3.37. The minimum Gasteiger partial charge on any atom is -0.481 e. The minimum atomic E-state index is -0.720. The number of hydrogen-bond donors (Lipinski definition) is 2. The monoisotopic (exact) mass is 272 g/mol. The molecule has 0 saturated heterocycles. The fourth-order valence-corrected chi connectivity index (χ4v) is 2.70. The number of carboxylic acid groups (broad SMARTS) is 1. The van der Waals surface area contributed by atoms with Crippen molar-refractivity contribution in [3.05, 3.63) is 29.6 Å². The van der Waals surface area contributed by atoms with E-state index >= 15 is 0 Å². The van der Waals surface area contributed by atoms with Crippen LogP contribution in [-0.4, -0.2) is 21.0 Å². The number of hydrogen-bond acceptors (Lipinski definition) is 2. The van der Waals surface area contributed by atoms with Crippen LogP contribution >= 0.6 is 0 Å². The van der Waals surface area contributed by atoms with Crippen LogP contribution in [0.15, 0.2) is 18.2 Å². The second-order valence-electron chi connectivity index (χ2n) is 6.92. The van der Waals surface area contributed by atoms with Crippen LogP contribution in [0.1, 0.15) is 51.4 Å². The van der Waals surface area contributed by atoms with Crippen molar-refractivity contribution in [2.45, 2.75) is 50.9 Å². The Balaban J connectivity index is 2.01. The van der Waals surface area contributed by atoms with Gasteiger partial charge in [0.1, 0.15) is 5.82 Å². The van der Waals surface area contributed by atoms with Gasteiger partial charge in [-0.05, 0) is 30.5 Å². The Hall–Kier alpha value is -1.84. The highest BCUT2D eigenvalue weighted by Gasteiger charge is 2.46. The molecular formula is C16H20N2O2. The molecule has 0 unspecified atom stereocenters. The molecule has 0 aliphatic heterocycles. The summed E-state index contributed by atoms with van der Waals surface area (Å²) in [5.74, 6) is 0.246. The number of aromatic nitrogens is 2. The average Bonchev–Trinajstić information content (AvgIpc) is 2.97. The molecule has 0 atom stereocenters. The SMILES string of the molecule is CC(C)(C)c1nc2ccc(C3(CC(=O)O)CC3)cc2[nH]1. The highest BCUT2D eigenvalue weighted by molar-refractivity contribution is 5.77. The van der Waals surface area contributed by atoms with Gasteiger partial charge in [0.05, 0.1) is 17.5 Å². The average molecular weight is 272 g/mol. The first-order valence-corrected chi connectivity index (χ1v) is 7.03. The molecule has 20 heavy (non-hydrogen) atoms. The van der Waals surface area contributed by atoms with Crippen LogP contribution < -0.4 is 0 Å². The summed E-state index contributed by atoms with van der Waals surface area (Å²) in [5.41, 5.74) is 2.91. The molecular weight excluding hydrogens is 252 g/mol. The Morgan fingerprint density at radius 2 is 2.10 bits per heavy atom. The van der Waals surface area contributed by atoms with E-state index in [4.69, 9.17) is 5.11 Å². The number of fused-ring (bicyclic) bond motifs is 1. The maximum atomic E-state index is 11.0. The Labute approximate surface area is 118 Å². The van der Waals surface area contributed by atoms with Crippen molar-refractivity contribution in [1.82, 2.24) is 9.97 Å². The van der Waals surface area contributed by atoms with E-state index in [1.54, 1.807) is 0 Å². The number of aromatic amines is 1. The van der Waals surface area contributed by atoms with Gasteiger partial charge in [-0.1, -0.05) is 26.8 Å². The lowest BCUT2D eigenvalue weighted by molar-refractivity contribution is -0.137. The highest BCUT2D eigenvalue weighted by atomic mass is 16.4. The smallest absolute Gasteiger partial charge is 0.304 e. The quantitative estimate of drug-likeness (QED) is 0.900. The number of nitrogens with one attached hydrogen (secondary N) is 1. The van der Waals surface area contributed by atoms with E-state index in [1.165, 1.54) is 0 Å². The van der Waals surface area contributed by atoms with E-state index in [2.05, 4.69) is 36.8 Å². The number of carboxylic acids is 1. The molecule has 1 heterocycles. The molecule has 4 heteroatoms. The van der Waals surface area contributed by atoms with Crippen molar-refractivity contribution in [2.75, 3.05) is 0 Å². The van der Waals surface area contributed by atoms with E-state index in [0.29, 0.717) is 0 Å². The van der Waals surface area contributed by atoms with Gasteiger partial charge >= 0.3 is 5.97 Å². The summed E-state index contributed by atoms with van der Waals surface area (Å²) in [4.78, 5) is 19.0. The van der Waals surface area contributed by atoms with E-state index in [1.807, 2.05) is 12.1 Å². The molecule has 4 nitrogen and oxygen atoms in total. The van der Waals surface area contributed by atoms with Gasteiger partial charge in [0.2, 0.25) is 0 Å². The number of rotatable bonds is 3. The first-order valence-electron chi connectivity index (χ1n) is 7.03. The molecule has 1 aromatic carbocycles. The van der Waals surface area contributed by atoms with Crippen molar-refractivity contribution in [3.63, 3.8) is 0 Å². The fraction of sp³-hybridized carbons (Fsp3) is 0.500. The van der Waals surface area contributed by atoms with Crippen molar-refractivity contribution in [1.29, 1.82) is 0 Å². The lowest BCUT2D eigenvalue weighted by Gasteiger charge is -2.13. The summed E-state index contributed by atoms with van der Waals surface area (Å²) in [6.07, 6.45) is 2.15. The summed E-state index contributed by atoms with van der Waals surface area (Å²) in [5, 5.41) is 9.05. The van der Waals surface area contributed by atoms with Crippen molar-refractivity contribution in [3.8, 4) is 0 Å². The lowest BCUT2D eigenvalue weighted by atomic mass is 9.92. The predicted molar refractivity (Wildman–Crippen MR) is 78.0 cm³/mol. The van der Waals surface area contributed by atoms with Gasteiger partial charge < -0.3 is 10.1 Å². The fourth-order valence-electron chi connectivity index (χ4n) is 2.70. The molecule has 1 aliphatic rings. The molecule has 2 N–H and O–H groups in total. The number of aliphatic carboxylic acids is 1. The molecule has 0 radical (unpaired) electrons. The molecule has 2 aromatic rings. The number of imidazole rings is 1. The van der Waals surface area contributed by atoms with E-state index in [9.17, 15) is 4.79 Å². The van der Waals surface area contributed by atoms with Crippen LogP contribution in [0, 0.1) is 0 Å². The zero-order valence-electron chi connectivity index (χ0n) is 12.2. The first kappa shape index (κ1) is 13.2. The Morgan fingerprint density at radius 1 is 1.40 bits per heavy atom. The summed E-state index contributed by atoms with van der Waals surface area (Å²) < 4.78 is 0. The van der Waals surface area contributed by atoms with Crippen LogP contribution in [0.5, 0.6) is 0 Å². The van der Waals surface area contributed by atoms with Crippen molar-refractivity contribution in [2.24, 2.45) is 0 Å². The summed E-state index contributed by atoms with van der Waals surface area (Å²) in [7, 11) is 0. The Morgan fingerprint density at radius 3 is 2.65 bits per heavy atom. The molecule has 0 bridgehead atoms. The van der Waals surface area contributed by atoms with Gasteiger partial charge in [0.25, 0.3) is 0 Å². The van der Waals surface area contributed by atoms with Gasteiger partial charge in [0.15, 0.2) is 0 Å². The number of H-pyrrole nitrogens is 1. The third-order valence-electron chi connectivity index (χ3n) is 4.15. The Kier molecular flexibility index (Phi) is 2.68. The van der Waals surface area contributed by atoms with Crippen LogP contribution in [0.2, 0.25) is 0 Å². The van der Waals surface area contributed by atoms with Gasteiger partial charge in [-0.15, -0.1) is 0 Å². The first-order chi connectivity index (χ1) is 9.30. The molecule has 0 spiro atoms.